The van der Waals surface area contributed by atoms with Gasteiger partial charge in [-0.1, -0.05) is 45.5 Å². The van der Waals surface area contributed by atoms with Crippen molar-refractivity contribution in [3.8, 4) is 0 Å². The second kappa shape index (κ2) is 6.18. The number of Topliss-reactive ketones (excluding diaryl/α,β-unsaturated/α-hetero) is 1. The van der Waals surface area contributed by atoms with Crippen LogP contribution in [0.1, 0.15) is 21.5 Å². The van der Waals surface area contributed by atoms with E-state index in [4.69, 9.17) is 0 Å². The van der Waals surface area contributed by atoms with Crippen LogP contribution in [0.25, 0.3) is 10.2 Å². The molecular weight excluding hydrogens is 360 g/mol. The minimum absolute atomic E-state index is 0.0495. The van der Waals surface area contributed by atoms with Crippen molar-refractivity contribution >= 4 is 48.4 Å². The number of thiazole rings is 1. The average molecular weight is 375 g/mol. The number of carbonyl (C=O) groups excluding carboxylic acids is 1. The van der Waals surface area contributed by atoms with Gasteiger partial charge in [0, 0.05) is 10.0 Å². The van der Waals surface area contributed by atoms with E-state index in [1.54, 1.807) is 11.3 Å². The smallest absolute Gasteiger partial charge is 0.184 e. The van der Waals surface area contributed by atoms with Crippen molar-refractivity contribution in [2.45, 2.75) is 13.8 Å². The molecule has 0 aliphatic rings. The molecule has 0 spiro atoms. The van der Waals surface area contributed by atoms with E-state index in [9.17, 15) is 4.79 Å². The lowest BCUT2D eigenvalue weighted by Gasteiger charge is -2.02. The maximum Gasteiger partial charge on any atom is 0.184 e. The Labute approximate surface area is 141 Å². The van der Waals surface area contributed by atoms with Crippen molar-refractivity contribution in [3.63, 3.8) is 0 Å². The average Bonchev–Trinajstić information content (AvgIpc) is 2.92. The fourth-order valence-electron chi connectivity index (χ4n) is 2.22. The third-order valence-corrected chi connectivity index (χ3v) is 5.10. The highest BCUT2D eigenvalue weighted by Crippen LogP contribution is 2.29. The molecule has 0 saturated carbocycles. The molecule has 22 heavy (non-hydrogen) atoms. The summed E-state index contributed by atoms with van der Waals surface area (Å²) < 4.78 is 2.05. The molecule has 3 nitrogen and oxygen atoms in total. The number of benzene rings is 2. The van der Waals surface area contributed by atoms with E-state index in [1.165, 1.54) is 11.1 Å². The Hall–Kier alpha value is -1.72. The van der Waals surface area contributed by atoms with Gasteiger partial charge in [0.1, 0.15) is 0 Å². The topological polar surface area (TPSA) is 42.0 Å². The molecular formula is C17H15BrN2OS. The summed E-state index contributed by atoms with van der Waals surface area (Å²) in [6.07, 6.45) is 0. The molecule has 0 amide bonds. The van der Waals surface area contributed by atoms with Gasteiger partial charge in [0.25, 0.3) is 0 Å². The first-order valence-electron chi connectivity index (χ1n) is 6.94. The minimum Gasteiger partial charge on any atom is -0.354 e. The zero-order valence-corrected chi connectivity index (χ0v) is 14.7. The van der Waals surface area contributed by atoms with E-state index < -0.39 is 0 Å². The Kier molecular flexibility index (Phi) is 4.27. The molecule has 5 heteroatoms. The number of nitrogens with one attached hydrogen (secondary N) is 1. The van der Waals surface area contributed by atoms with Crippen molar-refractivity contribution < 1.29 is 4.79 Å². The highest BCUT2D eigenvalue weighted by molar-refractivity contribution is 9.10. The van der Waals surface area contributed by atoms with Crippen LogP contribution in [-0.4, -0.2) is 17.3 Å². The quantitative estimate of drug-likeness (QED) is 0.655. The minimum atomic E-state index is 0.0495. The summed E-state index contributed by atoms with van der Waals surface area (Å²) in [5.41, 5.74) is 4.13. The molecule has 0 aliphatic heterocycles. The number of carbonyl (C=O) groups is 1. The number of aryl methyl sites for hydroxylation is 2. The number of anilines is 1. The third-order valence-electron chi connectivity index (χ3n) is 3.63. The molecule has 1 heterocycles. The first kappa shape index (κ1) is 15.2. The second-order valence-corrected chi connectivity index (χ2v) is 7.11. The lowest BCUT2D eigenvalue weighted by molar-refractivity contribution is 0.101. The van der Waals surface area contributed by atoms with E-state index in [-0.39, 0.29) is 12.3 Å². The molecule has 112 valence electrons. The fraction of sp³-hybridized carbons (Fsp3) is 0.176. The van der Waals surface area contributed by atoms with Crippen LogP contribution in [0.15, 0.2) is 40.9 Å². The van der Waals surface area contributed by atoms with Crippen molar-refractivity contribution in [2.24, 2.45) is 0 Å². The molecule has 0 atom stereocenters. The molecule has 0 radical (unpaired) electrons. The van der Waals surface area contributed by atoms with Crippen molar-refractivity contribution in [2.75, 3.05) is 11.9 Å². The molecule has 1 aromatic heterocycles. The van der Waals surface area contributed by atoms with Crippen LogP contribution in [0, 0.1) is 13.8 Å². The molecule has 0 saturated heterocycles. The summed E-state index contributed by atoms with van der Waals surface area (Å²) in [7, 11) is 0. The summed E-state index contributed by atoms with van der Waals surface area (Å²) in [5.74, 6) is 0.0495. The summed E-state index contributed by atoms with van der Waals surface area (Å²) in [4.78, 5) is 16.8. The van der Waals surface area contributed by atoms with Gasteiger partial charge in [-0.05, 0) is 43.2 Å². The summed E-state index contributed by atoms with van der Waals surface area (Å²) in [6.45, 7) is 4.40. The van der Waals surface area contributed by atoms with Crippen molar-refractivity contribution in [3.05, 3.63) is 57.6 Å². The third kappa shape index (κ3) is 3.05. The summed E-state index contributed by atoms with van der Waals surface area (Å²) in [5, 5.41) is 3.93. The van der Waals surface area contributed by atoms with Crippen LogP contribution < -0.4 is 5.32 Å². The van der Waals surface area contributed by atoms with Gasteiger partial charge in [-0.25, -0.2) is 4.98 Å². The van der Waals surface area contributed by atoms with Gasteiger partial charge in [-0.2, -0.15) is 0 Å². The van der Waals surface area contributed by atoms with Crippen LogP contribution in [-0.2, 0) is 0 Å². The Morgan fingerprint density at radius 1 is 1.27 bits per heavy atom. The molecule has 3 rings (SSSR count). The standard InChI is InChI=1S/C17H15BrN2OS/c1-10-6-7-15-16(11(10)2)20-17(22-15)19-9-14(21)12-4-3-5-13(18)8-12/h3-8H,9H2,1-2H3,(H,19,20). The molecule has 1 N–H and O–H groups in total. The number of fused-ring (bicyclic) bond motifs is 1. The van der Waals surface area contributed by atoms with E-state index in [1.807, 2.05) is 24.3 Å². The van der Waals surface area contributed by atoms with E-state index in [0.29, 0.717) is 5.56 Å². The van der Waals surface area contributed by atoms with Crippen LogP contribution in [0.5, 0.6) is 0 Å². The zero-order valence-electron chi connectivity index (χ0n) is 12.3. The zero-order chi connectivity index (χ0) is 15.7. The van der Waals surface area contributed by atoms with Gasteiger partial charge < -0.3 is 5.32 Å². The summed E-state index contributed by atoms with van der Waals surface area (Å²) in [6, 6.07) is 11.6. The Balaban J connectivity index is 1.77. The number of halogens is 1. The van der Waals surface area contributed by atoms with Gasteiger partial charge in [0.05, 0.1) is 16.8 Å². The number of hydrogen-bond acceptors (Lipinski definition) is 4. The van der Waals surface area contributed by atoms with Gasteiger partial charge in [0.2, 0.25) is 0 Å². The van der Waals surface area contributed by atoms with Crippen LogP contribution >= 0.6 is 27.3 Å². The van der Waals surface area contributed by atoms with Crippen molar-refractivity contribution in [1.29, 1.82) is 0 Å². The fourth-order valence-corrected chi connectivity index (χ4v) is 3.54. The Morgan fingerprint density at radius 3 is 2.86 bits per heavy atom. The van der Waals surface area contributed by atoms with Crippen LogP contribution in [0.4, 0.5) is 5.13 Å². The monoisotopic (exact) mass is 374 g/mol. The maximum absolute atomic E-state index is 12.2. The lowest BCUT2D eigenvalue weighted by Crippen LogP contribution is -2.13. The summed E-state index contributed by atoms with van der Waals surface area (Å²) >= 11 is 4.96. The van der Waals surface area contributed by atoms with Crippen molar-refractivity contribution in [1.82, 2.24) is 4.98 Å². The SMILES string of the molecule is Cc1ccc2sc(NCC(=O)c3cccc(Br)c3)nc2c1C. The second-order valence-electron chi connectivity index (χ2n) is 5.16. The molecule has 0 bridgehead atoms. The van der Waals surface area contributed by atoms with E-state index in [2.05, 4.69) is 52.2 Å². The van der Waals surface area contributed by atoms with Crippen LogP contribution in [0.2, 0.25) is 0 Å². The predicted octanol–water partition coefficient (Wildman–Crippen LogP) is 4.97. The number of hydrogen-bond donors (Lipinski definition) is 1. The van der Waals surface area contributed by atoms with E-state index >= 15 is 0 Å². The number of aromatic nitrogens is 1. The molecule has 2 aromatic carbocycles. The molecule has 0 unspecified atom stereocenters. The molecule has 0 aliphatic carbocycles. The highest BCUT2D eigenvalue weighted by atomic mass is 79.9. The number of ketones is 1. The highest BCUT2D eigenvalue weighted by Gasteiger charge is 2.10. The lowest BCUT2D eigenvalue weighted by atomic mass is 10.1. The predicted molar refractivity (Wildman–Crippen MR) is 96.1 cm³/mol. The van der Waals surface area contributed by atoms with Gasteiger partial charge in [-0.3, -0.25) is 4.79 Å². The molecule has 0 fully saturated rings. The van der Waals surface area contributed by atoms with Gasteiger partial charge in [-0.15, -0.1) is 0 Å². The normalized spacial score (nSPS) is 10.9. The van der Waals surface area contributed by atoms with Crippen LogP contribution in [0.3, 0.4) is 0 Å². The maximum atomic E-state index is 12.2. The number of rotatable bonds is 4. The Bertz CT molecular complexity index is 857. The van der Waals surface area contributed by atoms with E-state index in [0.717, 1.165) is 19.8 Å². The largest absolute Gasteiger partial charge is 0.354 e. The first-order chi connectivity index (χ1) is 10.5. The number of nitrogens with zero attached hydrogens (tertiary/aromatic N) is 1. The Morgan fingerprint density at radius 2 is 2.09 bits per heavy atom. The van der Waals surface area contributed by atoms with Gasteiger partial charge >= 0.3 is 0 Å². The first-order valence-corrected chi connectivity index (χ1v) is 8.55. The molecule has 3 aromatic rings. The van der Waals surface area contributed by atoms with Gasteiger partial charge in [0.15, 0.2) is 10.9 Å².